The van der Waals surface area contributed by atoms with E-state index >= 15 is 0 Å². The maximum atomic E-state index is 5.85. The minimum absolute atomic E-state index is 0.647. The van der Waals surface area contributed by atoms with Crippen LogP contribution in [0.15, 0.2) is 48.7 Å². The first kappa shape index (κ1) is 16.3. The molecular formula is C19H20N6O. The Balaban J connectivity index is 1.67. The third kappa shape index (κ3) is 3.29. The molecule has 4 rings (SSSR count). The molecule has 4 aromatic rings. The average Bonchev–Trinajstić information content (AvgIpc) is 3.31. The number of rotatable bonds is 6. The lowest BCUT2D eigenvalue weighted by Crippen LogP contribution is -2.19. The molecule has 0 saturated carbocycles. The van der Waals surface area contributed by atoms with Crippen molar-refractivity contribution in [3.63, 3.8) is 0 Å². The zero-order valence-electron chi connectivity index (χ0n) is 14.7. The predicted molar refractivity (Wildman–Crippen MR) is 101 cm³/mol. The van der Waals surface area contributed by atoms with Crippen LogP contribution >= 0.6 is 0 Å². The summed E-state index contributed by atoms with van der Waals surface area (Å²) < 4.78 is 5.85. The van der Waals surface area contributed by atoms with Gasteiger partial charge in [-0.2, -0.15) is 20.5 Å². The minimum atomic E-state index is 0.647. The molecule has 0 radical (unpaired) electrons. The summed E-state index contributed by atoms with van der Waals surface area (Å²) >= 11 is 0. The summed E-state index contributed by atoms with van der Waals surface area (Å²) in [6.07, 6.45) is 1.71. The number of nitrogens with one attached hydrogen (secondary N) is 2. The van der Waals surface area contributed by atoms with Gasteiger partial charge in [0, 0.05) is 23.1 Å². The van der Waals surface area contributed by atoms with Gasteiger partial charge in [0.1, 0.15) is 23.7 Å². The summed E-state index contributed by atoms with van der Waals surface area (Å²) in [5.74, 6) is 0.841. The fourth-order valence-electron chi connectivity index (χ4n) is 2.81. The zero-order chi connectivity index (χ0) is 17.9. The molecule has 7 heteroatoms. The largest absolute Gasteiger partial charge is 0.492 e. The van der Waals surface area contributed by atoms with E-state index in [9.17, 15) is 0 Å². The third-order valence-corrected chi connectivity index (χ3v) is 4.19. The fourth-order valence-corrected chi connectivity index (χ4v) is 2.81. The summed E-state index contributed by atoms with van der Waals surface area (Å²) in [5, 5.41) is 19.3. The number of hydrogen-bond acceptors (Lipinski definition) is 5. The number of hydrogen-bond donors (Lipinski definition) is 2. The van der Waals surface area contributed by atoms with E-state index in [1.54, 1.807) is 6.20 Å². The third-order valence-electron chi connectivity index (χ3n) is 4.19. The number of likely N-dealkylation sites (N-methyl/N-ethyl adjacent to an activating group) is 1. The van der Waals surface area contributed by atoms with Gasteiger partial charge in [0.2, 0.25) is 0 Å². The van der Waals surface area contributed by atoms with Crippen molar-refractivity contribution in [3.8, 4) is 28.3 Å². The van der Waals surface area contributed by atoms with E-state index in [-0.39, 0.29) is 0 Å². The maximum absolute atomic E-state index is 5.85. The van der Waals surface area contributed by atoms with E-state index in [0.29, 0.717) is 6.61 Å². The second-order valence-electron chi connectivity index (χ2n) is 6.37. The van der Waals surface area contributed by atoms with Crippen molar-refractivity contribution < 1.29 is 4.74 Å². The van der Waals surface area contributed by atoms with Gasteiger partial charge >= 0.3 is 0 Å². The van der Waals surface area contributed by atoms with Crippen LogP contribution in [0.25, 0.3) is 33.4 Å². The first-order chi connectivity index (χ1) is 12.7. The Morgan fingerprint density at radius 2 is 1.96 bits per heavy atom. The predicted octanol–water partition coefficient (Wildman–Crippen LogP) is 2.96. The molecule has 0 bridgehead atoms. The number of ether oxygens (including phenoxy) is 1. The van der Waals surface area contributed by atoms with Crippen molar-refractivity contribution in [2.24, 2.45) is 0 Å². The molecule has 0 amide bonds. The fraction of sp³-hybridized carbons (Fsp3) is 0.211. The molecule has 2 aromatic heterocycles. The van der Waals surface area contributed by atoms with Crippen LogP contribution in [0.2, 0.25) is 0 Å². The van der Waals surface area contributed by atoms with Crippen LogP contribution in [0, 0.1) is 0 Å². The van der Waals surface area contributed by atoms with E-state index in [2.05, 4.69) is 36.6 Å². The number of H-pyrrole nitrogens is 2. The summed E-state index contributed by atoms with van der Waals surface area (Å²) in [4.78, 5) is 2.09. The molecule has 0 aliphatic carbocycles. The Labute approximate surface area is 151 Å². The quantitative estimate of drug-likeness (QED) is 0.560. The molecule has 2 aromatic carbocycles. The lowest BCUT2D eigenvalue weighted by Gasteiger charge is -2.11. The Morgan fingerprint density at radius 1 is 1.04 bits per heavy atom. The number of aromatic amines is 2. The van der Waals surface area contributed by atoms with Crippen molar-refractivity contribution in [3.05, 3.63) is 48.7 Å². The molecule has 26 heavy (non-hydrogen) atoms. The second-order valence-corrected chi connectivity index (χ2v) is 6.37. The number of fused-ring (bicyclic) bond motifs is 1. The lowest BCUT2D eigenvalue weighted by molar-refractivity contribution is 0.261. The second kappa shape index (κ2) is 6.97. The van der Waals surface area contributed by atoms with Gasteiger partial charge in [-0.3, -0.25) is 5.10 Å². The molecule has 0 aliphatic heterocycles. The monoisotopic (exact) mass is 348 g/mol. The summed E-state index contributed by atoms with van der Waals surface area (Å²) in [7, 11) is 4.06. The molecule has 0 spiro atoms. The molecule has 132 valence electrons. The Bertz CT molecular complexity index is 1010. The average molecular weight is 348 g/mol. The van der Waals surface area contributed by atoms with Crippen molar-refractivity contribution in [2.75, 3.05) is 27.2 Å². The van der Waals surface area contributed by atoms with Gasteiger partial charge in [-0.25, -0.2) is 0 Å². The summed E-state index contributed by atoms with van der Waals surface area (Å²) in [6, 6.07) is 14.1. The van der Waals surface area contributed by atoms with E-state index in [1.807, 2.05) is 50.5 Å². The van der Waals surface area contributed by atoms with Crippen LogP contribution in [0.1, 0.15) is 0 Å². The molecule has 7 nitrogen and oxygen atoms in total. The van der Waals surface area contributed by atoms with Gasteiger partial charge in [0.15, 0.2) is 0 Å². The van der Waals surface area contributed by atoms with Gasteiger partial charge in [-0.05, 0) is 38.4 Å². The molecule has 0 unspecified atom stereocenters. The highest BCUT2D eigenvalue weighted by atomic mass is 16.5. The summed E-state index contributed by atoms with van der Waals surface area (Å²) in [5.41, 5.74) is 4.68. The number of aromatic nitrogens is 5. The SMILES string of the molecule is CN(C)CCOc1cccc(-c2n[nH]c3ccc(-c4cn[nH]n4)cc23)c1. The van der Waals surface area contributed by atoms with Crippen LogP contribution in [-0.4, -0.2) is 57.8 Å². The van der Waals surface area contributed by atoms with Crippen LogP contribution in [0.4, 0.5) is 0 Å². The van der Waals surface area contributed by atoms with E-state index in [1.165, 1.54) is 0 Å². The van der Waals surface area contributed by atoms with Crippen LogP contribution in [0.5, 0.6) is 5.75 Å². The van der Waals surface area contributed by atoms with Crippen molar-refractivity contribution in [2.45, 2.75) is 0 Å². The van der Waals surface area contributed by atoms with Crippen molar-refractivity contribution in [1.82, 2.24) is 30.5 Å². The standard InChI is InChI=1S/C19H20N6O/c1-25(2)8-9-26-15-5-3-4-14(10-15)19-16-11-13(18-12-20-24-22-18)6-7-17(16)21-23-19/h3-7,10-12H,8-9H2,1-2H3,(H,21,23)(H,20,22,24). The van der Waals surface area contributed by atoms with Gasteiger partial charge in [-0.1, -0.05) is 18.2 Å². The Kier molecular flexibility index (Phi) is 4.37. The molecule has 0 aliphatic rings. The first-order valence-corrected chi connectivity index (χ1v) is 8.43. The number of nitrogens with zero attached hydrogens (tertiary/aromatic N) is 4. The molecule has 0 saturated heterocycles. The molecule has 0 fully saturated rings. The molecule has 0 atom stereocenters. The Hall–Kier alpha value is -3.19. The molecule has 2 heterocycles. The van der Waals surface area contributed by atoms with Gasteiger partial charge in [-0.15, -0.1) is 0 Å². The topological polar surface area (TPSA) is 82.7 Å². The van der Waals surface area contributed by atoms with Gasteiger partial charge in [0.25, 0.3) is 0 Å². The highest BCUT2D eigenvalue weighted by Crippen LogP contribution is 2.31. The van der Waals surface area contributed by atoms with Crippen molar-refractivity contribution >= 4 is 10.9 Å². The van der Waals surface area contributed by atoms with E-state index in [0.717, 1.165) is 45.7 Å². The van der Waals surface area contributed by atoms with E-state index < -0.39 is 0 Å². The van der Waals surface area contributed by atoms with Crippen LogP contribution < -0.4 is 4.74 Å². The summed E-state index contributed by atoms with van der Waals surface area (Å²) in [6.45, 7) is 1.52. The first-order valence-electron chi connectivity index (χ1n) is 8.43. The molecular weight excluding hydrogens is 328 g/mol. The Morgan fingerprint density at radius 3 is 2.77 bits per heavy atom. The normalized spacial score (nSPS) is 11.3. The highest BCUT2D eigenvalue weighted by Gasteiger charge is 2.11. The maximum Gasteiger partial charge on any atom is 0.120 e. The minimum Gasteiger partial charge on any atom is -0.492 e. The van der Waals surface area contributed by atoms with Crippen LogP contribution in [0.3, 0.4) is 0 Å². The van der Waals surface area contributed by atoms with E-state index in [4.69, 9.17) is 4.74 Å². The highest BCUT2D eigenvalue weighted by molar-refractivity contribution is 5.95. The smallest absolute Gasteiger partial charge is 0.120 e. The van der Waals surface area contributed by atoms with Gasteiger partial charge in [0.05, 0.1) is 11.7 Å². The number of benzene rings is 2. The van der Waals surface area contributed by atoms with Crippen LogP contribution in [-0.2, 0) is 0 Å². The van der Waals surface area contributed by atoms with Crippen molar-refractivity contribution in [1.29, 1.82) is 0 Å². The zero-order valence-corrected chi connectivity index (χ0v) is 14.7. The van der Waals surface area contributed by atoms with Gasteiger partial charge < -0.3 is 9.64 Å². The lowest BCUT2D eigenvalue weighted by atomic mass is 10.0. The molecule has 2 N–H and O–H groups in total.